The largest absolute Gasteiger partial charge is 0.0845 e. The van der Waals surface area contributed by atoms with E-state index in [1.165, 1.54) is 12.8 Å². The summed E-state index contributed by atoms with van der Waals surface area (Å²) in [7, 11) is 0. The van der Waals surface area contributed by atoms with Crippen LogP contribution in [0.2, 0.25) is 0 Å². The van der Waals surface area contributed by atoms with Crippen LogP contribution in [0.5, 0.6) is 0 Å². The maximum atomic E-state index is 3.60. The number of allylic oxidation sites excluding steroid dienone is 2. The number of hydrogen-bond acceptors (Lipinski definition) is 0. The van der Waals surface area contributed by atoms with Crippen molar-refractivity contribution in [3.05, 3.63) is 12.2 Å². The van der Waals surface area contributed by atoms with E-state index in [4.69, 9.17) is 0 Å². The average molecular weight is 217 g/mol. The van der Waals surface area contributed by atoms with Gasteiger partial charge in [0.1, 0.15) is 0 Å². The van der Waals surface area contributed by atoms with Crippen molar-refractivity contribution in [2.45, 2.75) is 38.4 Å². The van der Waals surface area contributed by atoms with E-state index in [1.807, 2.05) is 0 Å². The van der Waals surface area contributed by atoms with Crippen molar-refractivity contribution >= 4 is 15.9 Å². The molecule has 0 N–H and O–H groups in total. The van der Waals surface area contributed by atoms with Gasteiger partial charge in [0, 0.05) is 4.83 Å². The molecule has 0 aromatic rings. The second-order valence-electron chi connectivity index (χ2n) is 4.45. The van der Waals surface area contributed by atoms with Crippen LogP contribution in [0.1, 0.15) is 33.6 Å². The van der Waals surface area contributed by atoms with Crippen molar-refractivity contribution in [3.63, 3.8) is 0 Å². The maximum absolute atomic E-state index is 3.60. The molecule has 0 spiro atoms. The van der Waals surface area contributed by atoms with Gasteiger partial charge in [-0.2, -0.15) is 0 Å². The summed E-state index contributed by atoms with van der Waals surface area (Å²) in [4.78, 5) is 0.626. The zero-order valence-corrected chi connectivity index (χ0v) is 9.19. The second kappa shape index (κ2) is 3.30. The fourth-order valence-electron chi connectivity index (χ4n) is 1.51. The van der Waals surface area contributed by atoms with Crippen LogP contribution in [0.4, 0.5) is 0 Å². The molecular weight excluding hydrogens is 200 g/mol. The number of halogens is 1. The van der Waals surface area contributed by atoms with Crippen LogP contribution in [0, 0.1) is 11.3 Å². The summed E-state index contributed by atoms with van der Waals surface area (Å²) in [5.74, 6) is 0.774. The molecule has 0 amide bonds. The minimum absolute atomic E-state index is 0.448. The van der Waals surface area contributed by atoms with Gasteiger partial charge < -0.3 is 0 Å². The predicted octanol–water partition coefficient (Wildman–Crippen LogP) is 3.76. The maximum Gasteiger partial charge on any atom is 0.0325 e. The molecule has 0 fully saturated rings. The van der Waals surface area contributed by atoms with Crippen LogP contribution in [-0.4, -0.2) is 4.83 Å². The Labute approximate surface area is 78.2 Å². The third kappa shape index (κ3) is 2.62. The Hall–Kier alpha value is 0.220. The molecule has 2 unspecified atom stereocenters. The first-order valence-electron chi connectivity index (χ1n) is 4.32. The van der Waals surface area contributed by atoms with E-state index < -0.39 is 0 Å². The Balaban J connectivity index is 2.57. The van der Waals surface area contributed by atoms with Gasteiger partial charge >= 0.3 is 0 Å². The topological polar surface area (TPSA) is 0 Å². The van der Waals surface area contributed by atoms with Gasteiger partial charge in [0.05, 0.1) is 0 Å². The number of alkyl halides is 1. The molecule has 1 aliphatic carbocycles. The van der Waals surface area contributed by atoms with Gasteiger partial charge in [-0.15, -0.1) is 0 Å². The lowest BCUT2D eigenvalue weighted by molar-refractivity contribution is 0.268. The highest BCUT2D eigenvalue weighted by Gasteiger charge is 2.24. The lowest BCUT2D eigenvalue weighted by Crippen LogP contribution is -2.22. The van der Waals surface area contributed by atoms with Crippen LogP contribution in [0.3, 0.4) is 0 Å². The van der Waals surface area contributed by atoms with Gasteiger partial charge in [-0.05, 0) is 24.2 Å². The summed E-state index contributed by atoms with van der Waals surface area (Å²) in [6, 6.07) is 0. The highest BCUT2D eigenvalue weighted by atomic mass is 79.9. The van der Waals surface area contributed by atoms with Crippen molar-refractivity contribution in [2.75, 3.05) is 0 Å². The molecule has 0 heterocycles. The molecule has 0 bridgehead atoms. The average Bonchev–Trinajstić information content (AvgIpc) is 1.86. The van der Waals surface area contributed by atoms with Crippen molar-refractivity contribution in [3.8, 4) is 0 Å². The summed E-state index contributed by atoms with van der Waals surface area (Å²) in [5, 5.41) is 0. The van der Waals surface area contributed by atoms with Crippen LogP contribution < -0.4 is 0 Å². The molecular formula is C10H17Br. The SMILES string of the molecule is CC(C)(C)C1C=CC(Br)CC1. The lowest BCUT2D eigenvalue weighted by Gasteiger charge is -2.31. The molecule has 0 aromatic carbocycles. The standard InChI is InChI=1S/C10H17Br/c1-10(2,3)8-4-6-9(11)7-5-8/h4,6,8-9H,5,7H2,1-3H3. The van der Waals surface area contributed by atoms with E-state index in [-0.39, 0.29) is 0 Å². The van der Waals surface area contributed by atoms with E-state index in [2.05, 4.69) is 48.9 Å². The third-order valence-corrected chi connectivity index (χ3v) is 3.18. The fourth-order valence-corrected chi connectivity index (χ4v) is 1.95. The second-order valence-corrected chi connectivity index (χ2v) is 5.63. The van der Waals surface area contributed by atoms with Gasteiger partial charge in [0.15, 0.2) is 0 Å². The van der Waals surface area contributed by atoms with E-state index in [9.17, 15) is 0 Å². The van der Waals surface area contributed by atoms with Gasteiger partial charge in [0.25, 0.3) is 0 Å². The fraction of sp³-hybridized carbons (Fsp3) is 0.800. The predicted molar refractivity (Wildman–Crippen MR) is 54.0 cm³/mol. The van der Waals surface area contributed by atoms with Crippen molar-refractivity contribution in [1.82, 2.24) is 0 Å². The Kier molecular flexibility index (Phi) is 2.79. The molecule has 2 atom stereocenters. The Morgan fingerprint density at radius 1 is 1.18 bits per heavy atom. The summed E-state index contributed by atoms with van der Waals surface area (Å²) in [5.41, 5.74) is 0.448. The quantitative estimate of drug-likeness (QED) is 0.428. The summed E-state index contributed by atoms with van der Waals surface area (Å²) in [6.07, 6.45) is 7.27. The minimum atomic E-state index is 0.448. The smallest absolute Gasteiger partial charge is 0.0325 e. The molecule has 0 nitrogen and oxygen atoms in total. The molecule has 11 heavy (non-hydrogen) atoms. The molecule has 1 aliphatic rings. The molecule has 0 aromatic heterocycles. The molecule has 1 heteroatoms. The van der Waals surface area contributed by atoms with E-state index in [0.717, 1.165) is 5.92 Å². The first-order valence-corrected chi connectivity index (χ1v) is 5.24. The monoisotopic (exact) mass is 216 g/mol. The first kappa shape index (κ1) is 9.31. The van der Waals surface area contributed by atoms with Gasteiger partial charge in [-0.1, -0.05) is 48.9 Å². The van der Waals surface area contributed by atoms with Crippen molar-refractivity contribution in [1.29, 1.82) is 0 Å². The molecule has 1 rings (SSSR count). The summed E-state index contributed by atoms with van der Waals surface area (Å²) < 4.78 is 0. The Morgan fingerprint density at radius 3 is 2.18 bits per heavy atom. The van der Waals surface area contributed by atoms with Gasteiger partial charge in [-0.3, -0.25) is 0 Å². The summed E-state index contributed by atoms with van der Waals surface area (Å²) >= 11 is 3.60. The molecule has 0 radical (unpaired) electrons. The van der Waals surface area contributed by atoms with Crippen molar-refractivity contribution in [2.24, 2.45) is 11.3 Å². The Morgan fingerprint density at radius 2 is 1.82 bits per heavy atom. The zero-order chi connectivity index (χ0) is 8.48. The van der Waals surface area contributed by atoms with Crippen molar-refractivity contribution < 1.29 is 0 Å². The first-order chi connectivity index (χ1) is 5.00. The van der Waals surface area contributed by atoms with Crippen LogP contribution in [0.25, 0.3) is 0 Å². The Bertz CT molecular complexity index is 153. The molecule has 64 valence electrons. The van der Waals surface area contributed by atoms with Gasteiger partial charge in [-0.25, -0.2) is 0 Å². The molecule has 0 aliphatic heterocycles. The normalized spacial score (nSPS) is 32.4. The highest BCUT2D eigenvalue weighted by molar-refractivity contribution is 9.09. The lowest BCUT2D eigenvalue weighted by atomic mass is 9.76. The summed E-state index contributed by atoms with van der Waals surface area (Å²) in [6.45, 7) is 6.95. The molecule has 0 saturated carbocycles. The van der Waals surface area contributed by atoms with Crippen LogP contribution >= 0.6 is 15.9 Å². The van der Waals surface area contributed by atoms with E-state index >= 15 is 0 Å². The number of rotatable bonds is 0. The minimum Gasteiger partial charge on any atom is -0.0845 e. The molecule has 0 saturated heterocycles. The van der Waals surface area contributed by atoms with Crippen LogP contribution in [-0.2, 0) is 0 Å². The van der Waals surface area contributed by atoms with E-state index in [1.54, 1.807) is 0 Å². The third-order valence-electron chi connectivity index (χ3n) is 2.42. The van der Waals surface area contributed by atoms with E-state index in [0.29, 0.717) is 10.2 Å². The van der Waals surface area contributed by atoms with Gasteiger partial charge in [0.2, 0.25) is 0 Å². The highest BCUT2D eigenvalue weighted by Crippen LogP contribution is 2.35. The number of hydrogen-bond donors (Lipinski definition) is 0. The van der Waals surface area contributed by atoms with Crippen LogP contribution in [0.15, 0.2) is 12.2 Å². The zero-order valence-electron chi connectivity index (χ0n) is 7.60.